The number of hydrogen-bond donors (Lipinski definition) is 0. The molecule has 0 aliphatic heterocycles. The number of aldehydes is 1. The first-order chi connectivity index (χ1) is 14.8. The van der Waals surface area contributed by atoms with Crippen molar-refractivity contribution in [2.24, 2.45) is 23.2 Å². The second-order valence-corrected chi connectivity index (χ2v) is 9.09. The van der Waals surface area contributed by atoms with Gasteiger partial charge in [0, 0.05) is 12.3 Å². The van der Waals surface area contributed by atoms with Gasteiger partial charge >= 0.3 is 11.9 Å². The van der Waals surface area contributed by atoms with Crippen molar-refractivity contribution in [2.75, 3.05) is 7.11 Å². The van der Waals surface area contributed by atoms with Crippen molar-refractivity contribution in [1.29, 1.82) is 0 Å². The molecular weight excluding hydrogens is 392 g/mol. The Morgan fingerprint density at radius 2 is 1.97 bits per heavy atom. The van der Waals surface area contributed by atoms with Gasteiger partial charge in [-0.05, 0) is 54.7 Å². The smallest absolute Gasteiger partial charge is 0.338 e. The molecule has 0 heterocycles. The lowest BCUT2D eigenvalue weighted by Gasteiger charge is -2.56. The molecule has 2 saturated carbocycles. The van der Waals surface area contributed by atoms with Gasteiger partial charge in [-0.2, -0.15) is 0 Å². The van der Waals surface area contributed by atoms with E-state index in [2.05, 4.69) is 20.1 Å². The van der Waals surface area contributed by atoms with Crippen LogP contribution in [0.4, 0.5) is 0 Å². The van der Waals surface area contributed by atoms with Gasteiger partial charge in [0.1, 0.15) is 12.4 Å². The summed E-state index contributed by atoms with van der Waals surface area (Å²) in [4.78, 5) is 36.7. The number of ether oxygens (including phenoxy) is 2. The van der Waals surface area contributed by atoms with E-state index in [0.29, 0.717) is 30.4 Å². The molecule has 5 heteroatoms. The molecule has 0 spiro atoms. The highest BCUT2D eigenvalue weighted by Gasteiger charge is 2.57. The number of benzene rings is 1. The standard InChI is InChI=1S/C26H32O5/c1-17(16-27)12-13-21-18(2)15-22(31-24(28)19-9-6-5-7-10-19)23-20(25(29)30-4)11-8-14-26(21,23)3/h5-7,9-10,16,20-23H,1-2,8,11-15H2,3-4H3/t20-,21-,22-,23+,26-/m1/s1. The molecule has 2 aliphatic carbocycles. The monoisotopic (exact) mass is 424 g/mol. The van der Waals surface area contributed by atoms with Gasteiger partial charge < -0.3 is 9.47 Å². The summed E-state index contributed by atoms with van der Waals surface area (Å²) in [5, 5.41) is 0. The zero-order chi connectivity index (χ0) is 22.6. The van der Waals surface area contributed by atoms with Crippen LogP contribution in [0.2, 0.25) is 0 Å². The van der Waals surface area contributed by atoms with Crippen LogP contribution in [0.1, 0.15) is 55.8 Å². The molecule has 166 valence electrons. The lowest BCUT2D eigenvalue weighted by atomic mass is 9.49. The van der Waals surface area contributed by atoms with Gasteiger partial charge in [-0.15, -0.1) is 0 Å². The minimum Gasteiger partial charge on any atom is -0.469 e. The van der Waals surface area contributed by atoms with E-state index in [0.717, 1.165) is 31.1 Å². The number of carbonyl (C=O) groups is 3. The Bertz CT molecular complexity index is 858. The third-order valence-corrected chi connectivity index (χ3v) is 7.27. The van der Waals surface area contributed by atoms with E-state index in [4.69, 9.17) is 9.47 Å². The van der Waals surface area contributed by atoms with Crippen molar-refractivity contribution in [3.63, 3.8) is 0 Å². The second kappa shape index (κ2) is 9.63. The Kier molecular flexibility index (Phi) is 7.14. The van der Waals surface area contributed by atoms with E-state index in [1.807, 2.05) is 6.07 Å². The van der Waals surface area contributed by atoms with E-state index in [-0.39, 0.29) is 35.1 Å². The summed E-state index contributed by atoms with van der Waals surface area (Å²) in [6.45, 7) is 10.3. The highest BCUT2D eigenvalue weighted by Crippen LogP contribution is 2.59. The van der Waals surface area contributed by atoms with Gasteiger partial charge in [0.25, 0.3) is 0 Å². The van der Waals surface area contributed by atoms with Gasteiger partial charge in [-0.25, -0.2) is 4.79 Å². The molecule has 5 atom stereocenters. The first-order valence-electron chi connectivity index (χ1n) is 11.0. The molecular formula is C26H32O5. The number of fused-ring (bicyclic) bond motifs is 1. The number of carbonyl (C=O) groups excluding carboxylic acids is 3. The lowest BCUT2D eigenvalue weighted by molar-refractivity contribution is -0.162. The van der Waals surface area contributed by atoms with E-state index in [9.17, 15) is 14.4 Å². The number of allylic oxidation sites excluding steroid dienone is 1. The fraction of sp³-hybridized carbons (Fsp3) is 0.500. The largest absolute Gasteiger partial charge is 0.469 e. The van der Waals surface area contributed by atoms with Crippen molar-refractivity contribution in [3.05, 3.63) is 60.2 Å². The molecule has 2 aliphatic rings. The lowest BCUT2D eigenvalue weighted by Crippen LogP contribution is -2.55. The molecule has 0 aromatic heterocycles. The summed E-state index contributed by atoms with van der Waals surface area (Å²) in [5.41, 5.74) is 1.78. The van der Waals surface area contributed by atoms with Crippen LogP contribution in [0.25, 0.3) is 0 Å². The summed E-state index contributed by atoms with van der Waals surface area (Å²) in [6, 6.07) is 8.91. The fourth-order valence-corrected chi connectivity index (χ4v) is 5.83. The second-order valence-electron chi connectivity index (χ2n) is 9.09. The Morgan fingerprint density at radius 1 is 1.26 bits per heavy atom. The number of hydrogen-bond acceptors (Lipinski definition) is 5. The molecule has 0 N–H and O–H groups in total. The van der Waals surface area contributed by atoms with Gasteiger partial charge in [-0.3, -0.25) is 9.59 Å². The zero-order valence-electron chi connectivity index (χ0n) is 18.5. The van der Waals surface area contributed by atoms with Crippen LogP contribution in [0.5, 0.6) is 0 Å². The van der Waals surface area contributed by atoms with Crippen LogP contribution in [-0.4, -0.2) is 31.4 Å². The molecule has 0 saturated heterocycles. The summed E-state index contributed by atoms with van der Waals surface area (Å²) in [5.74, 6) is -1.01. The Balaban J connectivity index is 1.93. The summed E-state index contributed by atoms with van der Waals surface area (Å²) in [6.07, 6.45) is 4.71. The quantitative estimate of drug-likeness (QED) is 0.269. The van der Waals surface area contributed by atoms with Gasteiger partial charge in [0.15, 0.2) is 0 Å². The molecule has 5 nitrogen and oxygen atoms in total. The molecule has 31 heavy (non-hydrogen) atoms. The Hall–Kier alpha value is -2.69. The average molecular weight is 425 g/mol. The van der Waals surface area contributed by atoms with Gasteiger partial charge in [-0.1, -0.05) is 50.3 Å². The molecule has 3 rings (SSSR count). The van der Waals surface area contributed by atoms with Crippen LogP contribution >= 0.6 is 0 Å². The van der Waals surface area contributed by atoms with Crippen molar-refractivity contribution < 1.29 is 23.9 Å². The first kappa shape index (κ1) is 23.0. The molecule has 1 aromatic rings. The molecule has 1 aromatic carbocycles. The topological polar surface area (TPSA) is 69.7 Å². The third kappa shape index (κ3) is 4.65. The van der Waals surface area contributed by atoms with Crippen LogP contribution in [0.3, 0.4) is 0 Å². The maximum atomic E-state index is 12.9. The first-order valence-corrected chi connectivity index (χ1v) is 11.0. The van der Waals surface area contributed by atoms with Crippen molar-refractivity contribution in [2.45, 2.75) is 51.6 Å². The predicted octanol–water partition coefficient (Wildman–Crippen LogP) is 4.92. The average Bonchev–Trinajstić information content (AvgIpc) is 2.77. The van der Waals surface area contributed by atoms with Gasteiger partial charge in [0.05, 0.1) is 18.6 Å². The van der Waals surface area contributed by atoms with Crippen molar-refractivity contribution >= 4 is 18.2 Å². The summed E-state index contributed by atoms with van der Waals surface area (Å²) < 4.78 is 11.2. The predicted molar refractivity (Wildman–Crippen MR) is 118 cm³/mol. The van der Waals surface area contributed by atoms with Crippen LogP contribution in [0, 0.1) is 23.2 Å². The minimum absolute atomic E-state index is 0.119. The molecule has 0 amide bonds. The molecule has 0 unspecified atom stereocenters. The zero-order valence-corrected chi connectivity index (χ0v) is 18.5. The van der Waals surface area contributed by atoms with E-state index in [1.54, 1.807) is 24.3 Å². The van der Waals surface area contributed by atoms with Crippen LogP contribution < -0.4 is 0 Å². The minimum atomic E-state index is -0.444. The van der Waals surface area contributed by atoms with Crippen molar-refractivity contribution in [3.8, 4) is 0 Å². The Morgan fingerprint density at radius 3 is 2.61 bits per heavy atom. The fourth-order valence-electron chi connectivity index (χ4n) is 5.83. The normalized spacial score (nSPS) is 30.1. The molecule has 2 fully saturated rings. The van der Waals surface area contributed by atoms with Crippen molar-refractivity contribution in [1.82, 2.24) is 0 Å². The van der Waals surface area contributed by atoms with E-state index < -0.39 is 6.10 Å². The van der Waals surface area contributed by atoms with Crippen LogP contribution in [-0.2, 0) is 19.1 Å². The summed E-state index contributed by atoms with van der Waals surface area (Å²) >= 11 is 0. The maximum Gasteiger partial charge on any atom is 0.338 e. The van der Waals surface area contributed by atoms with E-state index in [1.165, 1.54) is 7.11 Å². The Labute approximate surface area is 184 Å². The number of esters is 2. The SMILES string of the molecule is C=C(C=O)CC[C@@H]1C(=C)C[C@@H](OC(=O)c2ccccc2)[C@@H]2[C@H](C(=O)OC)CCC[C@@]21C. The number of methoxy groups -OCH3 is 1. The molecule has 0 radical (unpaired) electrons. The maximum absolute atomic E-state index is 12.9. The molecule has 0 bridgehead atoms. The highest BCUT2D eigenvalue weighted by molar-refractivity contribution is 5.89. The van der Waals surface area contributed by atoms with E-state index >= 15 is 0 Å². The highest BCUT2D eigenvalue weighted by atomic mass is 16.5. The van der Waals surface area contributed by atoms with Crippen LogP contribution in [0.15, 0.2) is 54.6 Å². The number of rotatable bonds is 7. The third-order valence-electron chi connectivity index (χ3n) is 7.27. The summed E-state index contributed by atoms with van der Waals surface area (Å²) in [7, 11) is 1.41. The van der Waals surface area contributed by atoms with Gasteiger partial charge in [0.2, 0.25) is 0 Å².